The standard InChI is InChI=1S/C16H31N3O3/c1-17(22-2)12-13-19(14-6-4-3-5-7-14)15-8-10-18(11-9-15)16(20)21/h14-15H,3-13H2,1-2H3,(H,20,21). The molecule has 1 aliphatic heterocycles. The molecule has 1 N–H and O–H groups in total. The van der Waals surface area contributed by atoms with E-state index in [1.165, 1.54) is 32.1 Å². The van der Waals surface area contributed by atoms with Crippen LogP contribution in [0.5, 0.6) is 0 Å². The van der Waals surface area contributed by atoms with E-state index in [9.17, 15) is 4.79 Å². The van der Waals surface area contributed by atoms with E-state index in [0.717, 1.165) is 25.9 Å². The Morgan fingerprint density at radius 3 is 2.23 bits per heavy atom. The Hall–Kier alpha value is -0.850. The molecule has 0 aromatic carbocycles. The summed E-state index contributed by atoms with van der Waals surface area (Å²) in [5, 5.41) is 11.0. The summed E-state index contributed by atoms with van der Waals surface area (Å²) in [6, 6.07) is 1.18. The predicted molar refractivity (Wildman–Crippen MR) is 85.8 cm³/mol. The number of nitrogens with zero attached hydrogens (tertiary/aromatic N) is 3. The molecule has 2 rings (SSSR count). The predicted octanol–water partition coefficient (Wildman–Crippen LogP) is 2.26. The van der Waals surface area contributed by atoms with Crippen LogP contribution < -0.4 is 0 Å². The SMILES string of the molecule is CON(C)CCN(C1CCCCC1)C1CCN(C(=O)O)CC1. The van der Waals surface area contributed by atoms with Gasteiger partial charge in [0.1, 0.15) is 0 Å². The van der Waals surface area contributed by atoms with Crippen molar-refractivity contribution < 1.29 is 14.7 Å². The van der Waals surface area contributed by atoms with E-state index in [-0.39, 0.29) is 0 Å². The number of likely N-dealkylation sites (N-methyl/N-ethyl adjacent to an activating group) is 1. The monoisotopic (exact) mass is 313 g/mol. The van der Waals surface area contributed by atoms with Gasteiger partial charge in [-0.2, -0.15) is 5.06 Å². The van der Waals surface area contributed by atoms with Crippen LogP contribution in [-0.4, -0.2) is 78.5 Å². The minimum Gasteiger partial charge on any atom is -0.465 e. The summed E-state index contributed by atoms with van der Waals surface area (Å²) in [5.74, 6) is 0. The van der Waals surface area contributed by atoms with Crippen molar-refractivity contribution in [2.45, 2.75) is 57.0 Å². The molecule has 0 atom stereocenters. The molecule has 2 aliphatic rings. The number of carboxylic acid groups (broad SMARTS) is 1. The van der Waals surface area contributed by atoms with Crippen LogP contribution >= 0.6 is 0 Å². The molecule has 1 amide bonds. The van der Waals surface area contributed by atoms with Gasteiger partial charge in [-0.3, -0.25) is 4.90 Å². The second kappa shape index (κ2) is 8.70. The van der Waals surface area contributed by atoms with Crippen molar-refractivity contribution >= 4 is 6.09 Å². The van der Waals surface area contributed by atoms with Crippen LogP contribution in [0.3, 0.4) is 0 Å². The highest BCUT2D eigenvalue weighted by Gasteiger charge is 2.31. The smallest absolute Gasteiger partial charge is 0.407 e. The molecule has 1 saturated carbocycles. The Kier molecular flexibility index (Phi) is 6.92. The Morgan fingerprint density at radius 1 is 1.09 bits per heavy atom. The van der Waals surface area contributed by atoms with E-state index in [2.05, 4.69) is 4.90 Å². The molecule has 0 bridgehead atoms. The van der Waals surface area contributed by atoms with Gasteiger partial charge in [0.05, 0.1) is 7.11 Å². The molecule has 0 aromatic rings. The number of likely N-dealkylation sites (tertiary alicyclic amines) is 1. The Morgan fingerprint density at radius 2 is 1.68 bits per heavy atom. The van der Waals surface area contributed by atoms with E-state index in [1.54, 1.807) is 12.0 Å². The number of carbonyl (C=O) groups is 1. The first kappa shape index (κ1) is 17.5. The van der Waals surface area contributed by atoms with Crippen molar-refractivity contribution in [3.05, 3.63) is 0 Å². The third kappa shape index (κ3) is 4.83. The third-order valence-corrected chi connectivity index (χ3v) is 5.23. The largest absolute Gasteiger partial charge is 0.465 e. The summed E-state index contributed by atoms with van der Waals surface area (Å²) in [6.45, 7) is 3.24. The van der Waals surface area contributed by atoms with Gasteiger partial charge >= 0.3 is 6.09 Å². The number of hydrogen-bond acceptors (Lipinski definition) is 4. The second-order valence-electron chi connectivity index (χ2n) is 6.56. The van der Waals surface area contributed by atoms with Crippen LogP contribution in [0.2, 0.25) is 0 Å². The van der Waals surface area contributed by atoms with Gasteiger partial charge in [-0.1, -0.05) is 19.3 Å². The normalized spacial score (nSPS) is 21.7. The van der Waals surface area contributed by atoms with Crippen LogP contribution in [-0.2, 0) is 4.84 Å². The first-order valence-corrected chi connectivity index (χ1v) is 8.60. The Balaban J connectivity index is 1.92. The van der Waals surface area contributed by atoms with Crippen LogP contribution in [0.25, 0.3) is 0 Å². The maximum absolute atomic E-state index is 11.1. The van der Waals surface area contributed by atoms with Crippen LogP contribution in [0, 0.1) is 0 Å². The molecular formula is C16H31N3O3. The number of hydroxylamine groups is 2. The van der Waals surface area contributed by atoms with Crippen molar-refractivity contribution in [3.8, 4) is 0 Å². The van der Waals surface area contributed by atoms with E-state index < -0.39 is 6.09 Å². The maximum Gasteiger partial charge on any atom is 0.407 e. The van der Waals surface area contributed by atoms with Gasteiger partial charge in [0.2, 0.25) is 0 Å². The molecule has 128 valence electrons. The van der Waals surface area contributed by atoms with E-state index >= 15 is 0 Å². The molecule has 0 unspecified atom stereocenters. The molecule has 6 nitrogen and oxygen atoms in total. The molecule has 1 aliphatic carbocycles. The van der Waals surface area contributed by atoms with Crippen LogP contribution in [0.15, 0.2) is 0 Å². The molecule has 0 aromatic heterocycles. The fourth-order valence-electron chi connectivity index (χ4n) is 3.81. The van der Waals surface area contributed by atoms with Gasteiger partial charge in [0.15, 0.2) is 0 Å². The average molecular weight is 313 g/mol. The van der Waals surface area contributed by atoms with Crippen LogP contribution in [0.1, 0.15) is 44.9 Å². The van der Waals surface area contributed by atoms with Gasteiger partial charge in [-0.15, -0.1) is 0 Å². The lowest BCUT2D eigenvalue weighted by Gasteiger charge is -2.43. The molecular weight excluding hydrogens is 282 g/mol. The summed E-state index contributed by atoms with van der Waals surface area (Å²) in [7, 11) is 3.67. The number of hydrogen-bond donors (Lipinski definition) is 1. The van der Waals surface area contributed by atoms with E-state index in [1.807, 2.05) is 12.1 Å². The highest BCUT2D eigenvalue weighted by molar-refractivity contribution is 5.65. The number of rotatable bonds is 6. The fourth-order valence-corrected chi connectivity index (χ4v) is 3.81. The zero-order chi connectivity index (χ0) is 15.9. The minimum absolute atomic E-state index is 0.518. The summed E-state index contributed by atoms with van der Waals surface area (Å²) < 4.78 is 0. The zero-order valence-electron chi connectivity index (χ0n) is 14.0. The van der Waals surface area contributed by atoms with Gasteiger partial charge in [-0.05, 0) is 25.7 Å². The second-order valence-corrected chi connectivity index (χ2v) is 6.56. The summed E-state index contributed by atoms with van der Waals surface area (Å²) in [5.41, 5.74) is 0. The highest BCUT2D eigenvalue weighted by atomic mass is 16.7. The summed E-state index contributed by atoms with van der Waals surface area (Å²) >= 11 is 0. The number of amides is 1. The van der Waals surface area contributed by atoms with Crippen molar-refractivity contribution in [2.24, 2.45) is 0 Å². The molecule has 1 heterocycles. The molecule has 0 radical (unpaired) electrons. The molecule has 2 fully saturated rings. The van der Waals surface area contributed by atoms with Crippen molar-refractivity contribution in [2.75, 3.05) is 40.3 Å². The van der Waals surface area contributed by atoms with Gasteiger partial charge in [-0.25, -0.2) is 4.79 Å². The molecule has 6 heteroatoms. The summed E-state index contributed by atoms with van der Waals surface area (Å²) in [6.07, 6.45) is 7.73. The van der Waals surface area contributed by atoms with Crippen molar-refractivity contribution in [1.29, 1.82) is 0 Å². The van der Waals surface area contributed by atoms with Crippen molar-refractivity contribution in [1.82, 2.24) is 14.9 Å². The van der Waals surface area contributed by atoms with Crippen LogP contribution in [0.4, 0.5) is 4.79 Å². The Bertz CT molecular complexity index is 340. The van der Waals surface area contributed by atoms with Gasteiger partial charge < -0.3 is 14.8 Å². The van der Waals surface area contributed by atoms with E-state index in [4.69, 9.17) is 9.94 Å². The Labute approximate surface area is 134 Å². The molecule has 22 heavy (non-hydrogen) atoms. The average Bonchev–Trinajstić information content (AvgIpc) is 2.56. The maximum atomic E-state index is 11.1. The lowest BCUT2D eigenvalue weighted by atomic mass is 9.91. The van der Waals surface area contributed by atoms with Gasteiger partial charge in [0, 0.05) is 45.3 Å². The molecule has 0 spiro atoms. The number of piperidine rings is 1. The first-order chi connectivity index (χ1) is 10.6. The third-order valence-electron chi connectivity index (χ3n) is 5.23. The van der Waals surface area contributed by atoms with Crippen molar-refractivity contribution in [3.63, 3.8) is 0 Å². The zero-order valence-corrected chi connectivity index (χ0v) is 14.0. The lowest BCUT2D eigenvalue weighted by molar-refractivity contribution is -0.116. The summed E-state index contributed by atoms with van der Waals surface area (Å²) in [4.78, 5) is 20.5. The van der Waals surface area contributed by atoms with E-state index in [0.29, 0.717) is 25.2 Å². The highest BCUT2D eigenvalue weighted by Crippen LogP contribution is 2.27. The minimum atomic E-state index is -0.776. The molecule has 1 saturated heterocycles. The quantitative estimate of drug-likeness (QED) is 0.762. The first-order valence-electron chi connectivity index (χ1n) is 8.60. The lowest BCUT2D eigenvalue weighted by Crippen LogP contribution is -2.52. The topological polar surface area (TPSA) is 56.2 Å². The van der Waals surface area contributed by atoms with Gasteiger partial charge in [0.25, 0.3) is 0 Å². The fraction of sp³-hybridized carbons (Fsp3) is 0.938.